The molecule has 2 N–H and O–H groups in total. The number of sulfone groups is 3. The third-order valence-corrected chi connectivity index (χ3v) is 13.4. The molecule has 0 spiro atoms. The van der Waals surface area contributed by atoms with Crippen LogP contribution in [0.2, 0.25) is 0 Å². The average Bonchev–Trinajstić information content (AvgIpc) is 3.88. The Hall–Kier alpha value is -4.57. The zero-order chi connectivity index (χ0) is 36.1. The van der Waals surface area contributed by atoms with Gasteiger partial charge in [0.05, 0.1) is 33.7 Å². The molecule has 0 unspecified atom stereocenters. The van der Waals surface area contributed by atoms with Gasteiger partial charge in [-0.05, 0) is 87.5 Å². The molecule has 0 atom stereocenters. The Balaban J connectivity index is 0.000000130. The monoisotopic (exact) mass is 750 g/mol. The van der Waals surface area contributed by atoms with Crippen LogP contribution in [-0.2, 0) is 49.1 Å². The Kier molecular flexibility index (Phi) is 11.1. The van der Waals surface area contributed by atoms with E-state index >= 15 is 0 Å². The maximum atomic E-state index is 11.4. The first-order valence-corrected chi connectivity index (χ1v) is 20.5. The maximum Gasteiger partial charge on any atom is 0.200 e. The highest BCUT2D eigenvalue weighted by Gasteiger charge is 2.26. The van der Waals surface area contributed by atoms with Crippen molar-refractivity contribution in [2.45, 2.75) is 34.3 Å². The summed E-state index contributed by atoms with van der Waals surface area (Å²) in [5, 5.41) is 23.3. The molecule has 0 fully saturated rings. The number of aryl methyl sites for hydroxylation is 1. The first-order valence-electron chi connectivity index (χ1n) is 14.9. The van der Waals surface area contributed by atoms with Crippen LogP contribution in [0.3, 0.4) is 0 Å². The lowest BCUT2D eigenvalue weighted by Crippen LogP contribution is -1.99. The van der Waals surface area contributed by atoms with Gasteiger partial charge in [0.15, 0.2) is 29.5 Å². The van der Waals surface area contributed by atoms with E-state index in [4.69, 9.17) is 10.2 Å². The van der Waals surface area contributed by atoms with Crippen LogP contribution in [0.5, 0.6) is 0 Å². The molecule has 0 bridgehead atoms. The van der Waals surface area contributed by atoms with E-state index in [9.17, 15) is 34.8 Å². The minimum absolute atomic E-state index is 0.133. The second-order valence-corrected chi connectivity index (χ2v) is 17.8. The number of carbonyl (C=O) groups is 2. The number of hydrogen-bond donors (Lipinski definition) is 2. The minimum Gasteiger partial charge on any atom is -0.392 e. The third-order valence-electron chi connectivity index (χ3n) is 7.81. The summed E-state index contributed by atoms with van der Waals surface area (Å²) in [4.78, 5) is 21.7. The van der Waals surface area contributed by atoms with Crippen LogP contribution >= 0.6 is 11.3 Å². The van der Waals surface area contributed by atoms with Gasteiger partial charge in [0, 0.05) is 26.6 Å². The van der Waals surface area contributed by atoms with Crippen molar-refractivity contribution in [3.05, 3.63) is 134 Å². The molecule has 1 aromatic heterocycles. The van der Waals surface area contributed by atoms with Crippen molar-refractivity contribution in [3.63, 3.8) is 0 Å². The summed E-state index contributed by atoms with van der Waals surface area (Å²) in [6, 6.07) is 22.4. The lowest BCUT2D eigenvalue weighted by atomic mass is 10.1. The zero-order valence-electron chi connectivity index (χ0n) is 26.2. The fourth-order valence-corrected chi connectivity index (χ4v) is 10.1. The quantitative estimate of drug-likeness (QED) is 0.226. The van der Waals surface area contributed by atoms with Crippen molar-refractivity contribution < 1.29 is 45.1 Å². The van der Waals surface area contributed by atoms with Crippen molar-refractivity contribution in [1.82, 2.24) is 0 Å². The second kappa shape index (κ2) is 15.1. The molecule has 0 amide bonds. The van der Waals surface area contributed by atoms with E-state index in [-0.39, 0.29) is 23.9 Å². The van der Waals surface area contributed by atoms with Crippen LogP contribution in [0, 0.1) is 0 Å². The fourth-order valence-electron chi connectivity index (χ4n) is 5.13. The van der Waals surface area contributed by atoms with Gasteiger partial charge < -0.3 is 10.2 Å². The van der Waals surface area contributed by atoms with E-state index in [0.29, 0.717) is 56.6 Å². The molecular formula is C36H30O10S4. The van der Waals surface area contributed by atoms with Crippen molar-refractivity contribution in [2.75, 3.05) is 5.75 Å². The van der Waals surface area contributed by atoms with Crippen LogP contribution in [0.15, 0.2) is 110 Å². The first kappa shape index (κ1) is 36.7. The number of aliphatic hydroxyl groups excluding tert-OH is 2. The highest BCUT2D eigenvalue weighted by Crippen LogP contribution is 2.29. The molecule has 50 heavy (non-hydrogen) atoms. The van der Waals surface area contributed by atoms with E-state index in [1.807, 2.05) is 18.2 Å². The lowest BCUT2D eigenvalue weighted by molar-refractivity contribution is 0.111. The van der Waals surface area contributed by atoms with E-state index in [0.717, 1.165) is 16.5 Å². The summed E-state index contributed by atoms with van der Waals surface area (Å²) < 4.78 is 69.4. The SMILES string of the molecule is O=Cc1ccc2c(c1)S(=O)(=O)C=C2.O=Cc1ccc2c(c1)S(=O)(=O)CC2.O=S1(=O)C=Cc2ccc(CO)cc21.OCc1ccc2ccsc2c1. The maximum absolute atomic E-state index is 11.4. The summed E-state index contributed by atoms with van der Waals surface area (Å²) >= 11 is 1.71. The lowest BCUT2D eigenvalue weighted by Gasteiger charge is -2.00. The Morgan fingerprint density at radius 3 is 1.78 bits per heavy atom. The molecule has 14 heteroatoms. The predicted molar refractivity (Wildman–Crippen MR) is 192 cm³/mol. The van der Waals surface area contributed by atoms with E-state index in [2.05, 4.69) is 11.4 Å². The molecule has 3 aliphatic rings. The summed E-state index contributed by atoms with van der Waals surface area (Å²) in [6.45, 7) is -0.00333. The third kappa shape index (κ3) is 8.24. The fraction of sp³-hybridized carbons (Fsp3) is 0.111. The zero-order valence-corrected chi connectivity index (χ0v) is 29.4. The molecule has 5 aromatic rings. The number of carbonyl (C=O) groups excluding carboxylic acids is 2. The van der Waals surface area contributed by atoms with Gasteiger partial charge in [0.2, 0.25) is 0 Å². The Morgan fingerprint density at radius 2 is 1.16 bits per heavy atom. The first-order chi connectivity index (χ1) is 23.8. The van der Waals surface area contributed by atoms with Crippen molar-refractivity contribution in [1.29, 1.82) is 0 Å². The van der Waals surface area contributed by atoms with E-state index in [1.54, 1.807) is 53.8 Å². The Bertz CT molecular complexity index is 2480. The van der Waals surface area contributed by atoms with Gasteiger partial charge >= 0.3 is 0 Å². The van der Waals surface area contributed by atoms with Gasteiger partial charge in [-0.25, -0.2) is 25.3 Å². The molecule has 4 aromatic carbocycles. The van der Waals surface area contributed by atoms with E-state index < -0.39 is 29.5 Å². The van der Waals surface area contributed by atoms with Crippen LogP contribution in [0.1, 0.15) is 48.5 Å². The Labute approximate surface area is 293 Å². The molecule has 3 aliphatic heterocycles. The Morgan fingerprint density at radius 1 is 0.620 bits per heavy atom. The normalized spacial score (nSPS) is 16.0. The average molecular weight is 751 g/mol. The predicted octanol–water partition coefficient (Wildman–Crippen LogP) is 5.42. The standard InChI is InChI=1S/2C9H8O3S.C9H6O3S.C9H8OS/c3*10-6-7-1-2-8-3-4-13(11,12)9(8)5-7;10-6-7-1-2-8-3-4-11-9(8)5-7/h1-2,5-6H,3-4H2;1-5,10H,6H2;1-6H;1-5,10H,6H2. The molecule has 8 rings (SSSR count). The number of hydrogen-bond acceptors (Lipinski definition) is 11. The minimum atomic E-state index is -3.28. The second-order valence-electron chi connectivity index (χ2n) is 11.1. The molecule has 10 nitrogen and oxygen atoms in total. The van der Waals surface area contributed by atoms with Crippen LogP contribution in [0.25, 0.3) is 22.2 Å². The highest BCUT2D eigenvalue weighted by molar-refractivity contribution is 7.95. The van der Waals surface area contributed by atoms with Gasteiger partial charge in [-0.2, -0.15) is 0 Å². The van der Waals surface area contributed by atoms with Gasteiger partial charge in [-0.15, -0.1) is 11.3 Å². The molecule has 0 saturated carbocycles. The summed E-state index contributed by atoms with van der Waals surface area (Å²) in [5.74, 6) is 0.171. The molecule has 4 heterocycles. The van der Waals surface area contributed by atoms with Gasteiger partial charge in [-0.1, -0.05) is 48.5 Å². The van der Waals surface area contributed by atoms with Crippen LogP contribution in [-0.4, -0.2) is 53.8 Å². The van der Waals surface area contributed by atoms with Crippen LogP contribution in [0.4, 0.5) is 0 Å². The number of fused-ring (bicyclic) bond motifs is 4. The number of aldehydes is 2. The summed E-state index contributed by atoms with van der Waals surface area (Å²) in [5.41, 5.74) is 4.56. The number of benzene rings is 4. The molecular weight excluding hydrogens is 721 g/mol. The topological polar surface area (TPSA) is 177 Å². The van der Waals surface area contributed by atoms with Gasteiger partial charge in [-0.3, -0.25) is 9.59 Å². The summed E-state index contributed by atoms with van der Waals surface area (Å²) in [6.07, 6.45) is 4.95. The number of aliphatic hydroxyl groups is 2. The van der Waals surface area contributed by atoms with E-state index in [1.165, 1.54) is 39.8 Å². The molecule has 258 valence electrons. The van der Waals surface area contributed by atoms with Gasteiger partial charge in [0.25, 0.3) is 0 Å². The highest BCUT2D eigenvalue weighted by atomic mass is 32.2. The van der Waals surface area contributed by atoms with Gasteiger partial charge in [0.1, 0.15) is 12.6 Å². The van der Waals surface area contributed by atoms with Crippen molar-refractivity contribution in [3.8, 4) is 0 Å². The number of rotatable bonds is 4. The van der Waals surface area contributed by atoms with Crippen LogP contribution < -0.4 is 0 Å². The largest absolute Gasteiger partial charge is 0.392 e. The molecule has 0 aliphatic carbocycles. The van der Waals surface area contributed by atoms with Crippen molar-refractivity contribution in [2.24, 2.45) is 0 Å². The number of thiophene rings is 1. The summed E-state index contributed by atoms with van der Waals surface area (Å²) in [7, 11) is -9.60. The van der Waals surface area contributed by atoms with Crippen molar-refractivity contribution >= 4 is 75.7 Å². The molecule has 0 saturated heterocycles. The smallest absolute Gasteiger partial charge is 0.200 e. The molecule has 0 radical (unpaired) electrons.